The van der Waals surface area contributed by atoms with E-state index in [-0.39, 0.29) is 24.5 Å². The zero-order chi connectivity index (χ0) is 28.6. The van der Waals surface area contributed by atoms with Gasteiger partial charge in [-0.1, -0.05) is 12.1 Å². The predicted molar refractivity (Wildman–Crippen MR) is 131 cm³/mol. The monoisotopic (exact) mass is 564 g/mol. The minimum Gasteiger partial charge on any atom is -0.426 e. The molecule has 0 aromatic heterocycles. The molecule has 218 valence electrons. The molecule has 3 aliphatic rings. The summed E-state index contributed by atoms with van der Waals surface area (Å²) < 4.78 is 81.0. The van der Waals surface area contributed by atoms with Crippen LogP contribution in [0.3, 0.4) is 0 Å². The van der Waals surface area contributed by atoms with Crippen molar-refractivity contribution in [2.45, 2.75) is 70.1 Å². The second-order valence-electron chi connectivity index (χ2n) is 10.7. The number of piperazine rings is 1. The first-order chi connectivity index (χ1) is 18.2. The third kappa shape index (κ3) is 6.55. The van der Waals surface area contributed by atoms with Crippen LogP contribution in [0, 0.1) is 6.92 Å². The van der Waals surface area contributed by atoms with Gasteiger partial charge in [0.2, 0.25) is 5.91 Å². The first-order valence-electron chi connectivity index (χ1n) is 13.1. The standard InChI is InChI=1S/C26H34F6N4O3/c1-18-4-5-20(21(16-18)34-14-12-33(13-15-34)19(2)37)17-36-9-3-6-24(36)7-10-35(11-8-24)23(38)39-22(25(27,28)29)26(30,31)32/h4-5,16,22H,3,6-15,17H2,1-2H3. The molecular weight excluding hydrogens is 530 g/mol. The van der Waals surface area contributed by atoms with E-state index in [1.165, 1.54) is 0 Å². The van der Waals surface area contributed by atoms with Crippen LogP contribution in [0.5, 0.6) is 0 Å². The number of nitrogens with zero attached hydrogens (tertiary/aromatic N) is 4. The molecule has 39 heavy (non-hydrogen) atoms. The fourth-order valence-corrected chi connectivity index (χ4v) is 5.98. The molecule has 3 aliphatic heterocycles. The number of hydrogen-bond acceptors (Lipinski definition) is 5. The van der Waals surface area contributed by atoms with E-state index in [2.05, 4.69) is 26.7 Å². The lowest BCUT2D eigenvalue weighted by Gasteiger charge is -2.45. The number of aryl methyl sites for hydroxylation is 1. The normalized spacial score (nSPS) is 20.7. The van der Waals surface area contributed by atoms with Crippen molar-refractivity contribution < 1.29 is 40.7 Å². The van der Waals surface area contributed by atoms with E-state index in [1.807, 2.05) is 17.9 Å². The summed E-state index contributed by atoms with van der Waals surface area (Å²) in [5.74, 6) is 0.0562. The molecule has 1 aromatic carbocycles. The number of likely N-dealkylation sites (tertiary alicyclic amines) is 2. The van der Waals surface area contributed by atoms with E-state index < -0.39 is 24.5 Å². The second kappa shape index (κ2) is 11.1. The highest BCUT2D eigenvalue weighted by atomic mass is 19.4. The lowest BCUT2D eigenvalue weighted by Crippen LogP contribution is -2.54. The quantitative estimate of drug-likeness (QED) is 0.496. The Morgan fingerprint density at radius 1 is 0.897 bits per heavy atom. The van der Waals surface area contributed by atoms with Gasteiger partial charge < -0.3 is 19.4 Å². The Labute approximate surface area is 223 Å². The summed E-state index contributed by atoms with van der Waals surface area (Å²) in [5, 5.41) is 0. The SMILES string of the molecule is CC(=O)N1CCN(c2cc(C)ccc2CN2CCCC23CCN(C(=O)OC(C(F)(F)F)C(F)(F)F)CC3)CC1. The van der Waals surface area contributed by atoms with Crippen molar-refractivity contribution in [3.05, 3.63) is 29.3 Å². The van der Waals surface area contributed by atoms with Gasteiger partial charge in [-0.05, 0) is 56.3 Å². The van der Waals surface area contributed by atoms with Gasteiger partial charge >= 0.3 is 18.4 Å². The zero-order valence-electron chi connectivity index (χ0n) is 22.1. The smallest absolute Gasteiger partial charge is 0.426 e. The van der Waals surface area contributed by atoms with Crippen LogP contribution in [0.1, 0.15) is 43.7 Å². The molecule has 0 radical (unpaired) electrons. The maximum absolute atomic E-state index is 12.8. The molecule has 7 nitrogen and oxygen atoms in total. The lowest BCUT2D eigenvalue weighted by molar-refractivity contribution is -0.308. The number of carbonyl (C=O) groups excluding carboxylic acids is 2. The molecule has 0 saturated carbocycles. The summed E-state index contributed by atoms with van der Waals surface area (Å²) >= 11 is 0. The molecule has 3 heterocycles. The first-order valence-corrected chi connectivity index (χ1v) is 13.1. The summed E-state index contributed by atoms with van der Waals surface area (Å²) in [6, 6.07) is 6.27. The first kappa shape index (κ1) is 29.3. The Morgan fingerprint density at radius 2 is 1.51 bits per heavy atom. The Kier molecular flexibility index (Phi) is 8.30. The number of piperidine rings is 1. The summed E-state index contributed by atoms with van der Waals surface area (Å²) in [6.45, 7) is 7.79. The summed E-state index contributed by atoms with van der Waals surface area (Å²) in [7, 11) is 0. The highest BCUT2D eigenvalue weighted by Gasteiger charge is 2.60. The molecule has 0 unspecified atom stereocenters. The molecule has 0 atom stereocenters. The Balaban J connectivity index is 1.42. The fraction of sp³-hybridized carbons (Fsp3) is 0.692. The van der Waals surface area contributed by atoms with Crippen LogP contribution in [0.25, 0.3) is 0 Å². The minimum absolute atomic E-state index is 0.0194. The van der Waals surface area contributed by atoms with E-state index >= 15 is 0 Å². The van der Waals surface area contributed by atoms with E-state index in [1.54, 1.807) is 6.92 Å². The Morgan fingerprint density at radius 3 is 2.08 bits per heavy atom. The predicted octanol–water partition coefficient (Wildman–Crippen LogP) is 4.72. The number of ether oxygens (including phenoxy) is 1. The van der Waals surface area contributed by atoms with Crippen molar-refractivity contribution in [2.75, 3.05) is 50.7 Å². The fourth-order valence-electron chi connectivity index (χ4n) is 5.98. The van der Waals surface area contributed by atoms with Gasteiger partial charge in [-0.15, -0.1) is 0 Å². The van der Waals surface area contributed by atoms with E-state index in [4.69, 9.17) is 0 Å². The van der Waals surface area contributed by atoms with E-state index in [9.17, 15) is 35.9 Å². The molecule has 0 bridgehead atoms. The van der Waals surface area contributed by atoms with Gasteiger partial charge in [-0.2, -0.15) is 26.3 Å². The number of rotatable bonds is 4. The zero-order valence-corrected chi connectivity index (χ0v) is 22.1. The number of hydrogen-bond donors (Lipinski definition) is 0. The number of halogens is 6. The molecule has 4 rings (SSSR count). The molecule has 0 aliphatic carbocycles. The topological polar surface area (TPSA) is 56.3 Å². The molecule has 1 spiro atoms. The molecule has 0 N–H and O–H groups in total. The van der Waals surface area contributed by atoms with Crippen molar-refractivity contribution in [3.63, 3.8) is 0 Å². The van der Waals surface area contributed by atoms with Gasteiger partial charge in [0.25, 0.3) is 6.10 Å². The summed E-state index contributed by atoms with van der Waals surface area (Å²) in [5.41, 5.74) is 3.05. The number of carbonyl (C=O) groups is 2. The van der Waals surface area contributed by atoms with Gasteiger partial charge in [-0.3, -0.25) is 9.69 Å². The number of benzene rings is 1. The van der Waals surface area contributed by atoms with Gasteiger partial charge in [0, 0.05) is 64.0 Å². The maximum Gasteiger partial charge on any atom is 0.434 e. The minimum atomic E-state index is -5.74. The highest BCUT2D eigenvalue weighted by Crippen LogP contribution is 2.41. The second-order valence-corrected chi connectivity index (χ2v) is 10.7. The number of anilines is 1. The number of alkyl halides is 6. The van der Waals surface area contributed by atoms with Crippen molar-refractivity contribution in [1.82, 2.24) is 14.7 Å². The van der Waals surface area contributed by atoms with Crippen LogP contribution in [-0.4, -0.2) is 96.5 Å². The van der Waals surface area contributed by atoms with Gasteiger partial charge in [0.05, 0.1) is 0 Å². The third-order valence-corrected chi connectivity index (χ3v) is 8.17. The molecule has 1 aromatic rings. The third-order valence-electron chi connectivity index (χ3n) is 8.17. The molecular formula is C26H34F6N4O3. The van der Waals surface area contributed by atoms with Crippen LogP contribution < -0.4 is 4.90 Å². The van der Waals surface area contributed by atoms with Crippen molar-refractivity contribution in [2.24, 2.45) is 0 Å². The Bertz CT molecular complexity index is 1030. The van der Waals surface area contributed by atoms with Crippen molar-refractivity contribution >= 4 is 17.7 Å². The van der Waals surface area contributed by atoms with Crippen LogP contribution >= 0.6 is 0 Å². The van der Waals surface area contributed by atoms with Crippen molar-refractivity contribution in [1.29, 1.82) is 0 Å². The van der Waals surface area contributed by atoms with Crippen LogP contribution in [0.15, 0.2) is 18.2 Å². The maximum atomic E-state index is 12.8. The molecule has 3 fully saturated rings. The van der Waals surface area contributed by atoms with E-state index in [0.29, 0.717) is 32.5 Å². The Hall–Kier alpha value is -2.70. The van der Waals surface area contributed by atoms with Gasteiger partial charge in [-0.25, -0.2) is 4.79 Å². The molecule has 13 heteroatoms. The van der Waals surface area contributed by atoms with Crippen LogP contribution in [-0.2, 0) is 16.1 Å². The summed E-state index contributed by atoms with van der Waals surface area (Å²) in [6.07, 6.45) is -14.6. The largest absolute Gasteiger partial charge is 0.434 e. The van der Waals surface area contributed by atoms with Gasteiger partial charge in [0.1, 0.15) is 0 Å². The average Bonchev–Trinajstić information content (AvgIpc) is 3.23. The highest BCUT2D eigenvalue weighted by molar-refractivity contribution is 5.73. The average molecular weight is 565 g/mol. The van der Waals surface area contributed by atoms with E-state index in [0.717, 1.165) is 54.2 Å². The molecule has 3 saturated heterocycles. The van der Waals surface area contributed by atoms with Crippen LogP contribution in [0.4, 0.5) is 36.8 Å². The summed E-state index contributed by atoms with van der Waals surface area (Å²) in [4.78, 5) is 31.4. The van der Waals surface area contributed by atoms with Crippen LogP contribution in [0.2, 0.25) is 0 Å². The molecule has 2 amide bonds. The lowest BCUT2D eigenvalue weighted by atomic mass is 9.84. The van der Waals surface area contributed by atoms with Crippen molar-refractivity contribution in [3.8, 4) is 0 Å². The number of amides is 2. The van der Waals surface area contributed by atoms with Gasteiger partial charge in [0.15, 0.2) is 0 Å².